The van der Waals surface area contributed by atoms with E-state index in [1.165, 1.54) is 11.6 Å². The molecule has 6 nitrogen and oxygen atoms in total. The summed E-state index contributed by atoms with van der Waals surface area (Å²) in [5.74, 6) is 1.98. The van der Waals surface area contributed by atoms with Gasteiger partial charge in [-0.1, -0.05) is 29.8 Å². The van der Waals surface area contributed by atoms with Gasteiger partial charge in [0.25, 0.3) is 5.56 Å². The summed E-state index contributed by atoms with van der Waals surface area (Å²) in [5.41, 5.74) is 2.53. The number of rotatable bonds is 6. The van der Waals surface area contributed by atoms with Gasteiger partial charge in [0, 0.05) is 24.5 Å². The first-order chi connectivity index (χ1) is 12.5. The second-order valence-corrected chi connectivity index (χ2v) is 6.23. The van der Waals surface area contributed by atoms with Gasteiger partial charge in [0.2, 0.25) is 5.91 Å². The third kappa shape index (κ3) is 4.69. The molecule has 0 spiro atoms. The minimum absolute atomic E-state index is 0.113. The van der Waals surface area contributed by atoms with Crippen molar-refractivity contribution in [3.63, 3.8) is 0 Å². The van der Waals surface area contributed by atoms with Gasteiger partial charge < -0.3 is 14.7 Å². The molecule has 0 aliphatic rings. The topological polar surface area (TPSA) is 88.0 Å². The number of benzene rings is 1. The number of aromatic amines is 1. The molecule has 6 heteroatoms. The molecule has 0 atom stereocenters. The van der Waals surface area contributed by atoms with Crippen molar-refractivity contribution in [3.8, 4) is 11.3 Å². The van der Waals surface area contributed by atoms with E-state index in [9.17, 15) is 9.59 Å². The Bertz CT molecular complexity index is 955. The number of aryl methyl sites for hydroxylation is 3. The van der Waals surface area contributed by atoms with E-state index < -0.39 is 0 Å². The van der Waals surface area contributed by atoms with Crippen molar-refractivity contribution in [1.29, 1.82) is 0 Å². The number of aromatic nitrogens is 2. The van der Waals surface area contributed by atoms with Crippen molar-refractivity contribution >= 4 is 5.91 Å². The predicted molar refractivity (Wildman–Crippen MR) is 98.6 cm³/mol. The smallest absolute Gasteiger partial charge is 0.251 e. The molecule has 0 unspecified atom stereocenters. The van der Waals surface area contributed by atoms with Crippen molar-refractivity contribution < 1.29 is 9.21 Å². The number of hydrogen-bond acceptors (Lipinski definition) is 4. The Morgan fingerprint density at radius 3 is 2.65 bits per heavy atom. The van der Waals surface area contributed by atoms with Crippen LogP contribution < -0.4 is 10.9 Å². The van der Waals surface area contributed by atoms with E-state index in [4.69, 9.17) is 4.42 Å². The molecule has 0 saturated heterocycles. The number of amides is 1. The van der Waals surface area contributed by atoms with Crippen LogP contribution in [0, 0.1) is 13.8 Å². The highest BCUT2D eigenvalue weighted by molar-refractivity contribution is 5.76. The number of carbonyl (C=O) groups excluding carboxylic acids is 1. The van der Waals surface area contributed by atoms with Gasteiger partial charge in [0.1, 0.15) is 17.3 Å². The van der Waals surface area contributed by atoms with E-state index >= 15 is 0 Å². The average Bonchev–Trinajstić information content (AvgIpc) is 3.07. The minimum atomic E-state index is -0.221. The molecular formula is C20H21N3O3. The van der Waals surface area contributed by atoms with Crippen LogP contribution in [0.4, 0.5) is 0 Å². The molecule has 3 aromatic rings. The molecule has 0 aliphatic heterocycles. The maximum Gasteiger partial charge on any atom is 0.251 e. The second-order valence-electron chi connectivity index (χ2n) is 6.23. The van der Waals surface area contributed by atoms with Crippen LogP contribution in [0.25, 0.3) is 11.3 Å². The molecule has 2 heterocycles. The van der Waals surface area contributed by atoms with Crippen LogP contribution in [0.15, 0.2) is 51.7 Å². The minimum Gasteiger partial charge on any atom is -0.461 e. The van der Waals surface area contributed by atoms with Gasteiger partial charge in [-0.3, -0.25) is 9.59 Å². The lowest BCUT2D eigenvalue weighted by molar-refractivity contribution is -0.121. The fourth-order valence-electron chi connectivity index (χ4n) is 2.63. The third-order valence-corrected chi connectivity index (χ3v) is 3.98. The molecule has 1 amide bonds. The monoisotopic (exact) mass is 351 g/mol. The van der Waals surface area contributed by atoms with Crippen LogP contribution >= 0.6 is 0 Å². The van der Waals surface area contributed by atoms with Gasteiger partial charge in [-0.25, -0.2) is 4.98 Å². The molecule has 0 fully saturated rings. The van der Waals surface area contributed by atoms with E-state index in [2.05, 4.69) is 15.3 Å². The molecule has 0 aliphatic carbocycles. The van der Waals surface area contributed by atoms with Gasteiger partial charge in [-0.05, 0) is 26.0 Å². The summed E-state index contributed by atoms with van der Waals surface area (Å²) in [7, 11) is 0. The van der Waals surface area contributed by atoms with E-state index in [1.807, 2.05) is 43.3 Å². The number of carbonyl (C=O) groups is 1. The number of furan rings is 1. The van der Waals surface area contributed by atoms with Crippen LogP contribution in [-0.4, -0.2) is 15.9 Å². The van der Waals surface area contributed by atoms with E-state index in [0.717, 1.165) is 17.1 Å². The maximum absolute atomic E-state index is 12.0. The zero-order valence-corrected chi connectivity index (χ0v) is 14.8. The highest BCUT2D eigenvalue weighted by atomic mass is 16.3. The highest BCUT2D eigenvalue weighted by Crippen LogP contribution is 2.23. The van der Waals surface area contributed by atoms with Crippen LogP contribution in [-0.2, 0) is 17.8 Å². The first-order valence-electron chi connectivity index (χ1n) is 8.49. The Hall–Kier alpha value is -3.15. The summed E-state index contributed by atoms with van der Waals surface area (Å²) in [5, 5.41) is 2.77. The number of hydrogen-bond donors (Lipinski definition) is 2. The summed E-state index contributed by atoms with van der Waals surface area (Å²) < 4.78 is 5.82. The largest absolute Gasteiger partial charge is 0.461 e. The second kappa shape index (κ2) is 7.82. The molecule has 2 aromatic heterocycles. The summed E-state index contributed by atoms with van der Waals surface area (Å²) in [4.78, 5) is 30.1. The predicted octanol–water partition coefficient (Wildman–Crippen LogP) is 2.90. The summed E-state index contributed by atoms with van der Waals surface area (Å²) in [6.07, 6.45) is 0.822. The van der Waals surface area contributed by atoms with E-state index in [1.54, 1.807) is 6.92 Å². The molecule has 0 saturated carbocycles. The zero-order valence-electron chi connectivity index (χ0n) is 14.8. The molecule has 0 bridgehead atoms. The molecular weight excluding hydrogens is 330 g/mol. The first-order valence-corrected chi connectivity index (χ1v) is 8.49. The fraction of sp³-hybridized carbons (Fsp3) is 0.250. The van der Waals surface area contributed by atoms with Crippen molar-refractivity contribution in [2.24, 2.45) is 0 Å². The zero-order chi connectivity index (χ0) is 18.5. The summed E-state index contributed by atoms with van der Waals surface area (Å²) >= 11 is 0. The van der Waals surface area contributed by atoms with Crippen molar-refractivity contribution in [1.82, 2.24) is 15.3 Å². The van der Waals surface area contributed by atoms with Crippen LogP contribution in [0.5, 0.6) is 0 Å². The fourth-order valence-corrected chi connectivity index (χ4v) is 2.63. The van der Waals surface area contributed by atoms with Gasteiger partial charge in [0.05, 0.1) is 12.2 Å². The highest BCUT2D eigenvalue weighted by Gasteiger charge is 2.08. The normalized spacial score (nSPS) is 10.7. The van der Waals surface area contributed by atoms with Gasteiger partial charge in [-0.15, -0.1) is 0 Å². The van der Waals surface area contributed by atoms with E-state index in [0.29, 0.717) is 24.4 Å². The quantitative estimate of drug-likeness (QED) is 0.715. The lowest BCUT2D eigenvalue weighted by atomic mass is 10.1. The number of H-pyrrole nitrogens is 1. The molecule has 26 heavy (non-hydrogen) atoms. The Morgan fingerprint density at radius 2 is 1.92 bits per heavy atom. The molecule has 1 aromatic carbocycles. The first kappa shape index (κ1) is 17.7. The van der Waals surface area contributed by atoms with Crippen molar-refractivity contribution in [2.75, 3.05) is 0 Å². The van der Waals surface area contributed by atoms with E-state index in [-0.39, 0.29) is 18.0 Å². The summed E-state index contributed by atoms with van der Waals surface area (Å²) in [6, 6.07) is 13.3. The van der Waals surface area contributed by atoms with Gasteiger partial charge in [0.15, 0.2) is 0 Å². The third-order valence-electron chi connectivity index (χ3n) is 3.98. The lowest BCUT2D eigenvalue weighted by Gasteiger charge is -2.04. The van der Waals surface area contributed by atoms with Crippen LogP contribution in [0.2, 0.25) is 0 Å². The van der Waals surface area contributed by atoms with Crippen molar-refractivity contribution in [2.45, 2.75) is 33.2 Å². The standard InChI is InChI=1S/C20H21N3O3/c1-13-3-5-15(6-4-13)18-9-7-17(26-18)8-10-19(24)21-12-16-11-20(25)23-14(2)22-16/h3-7,9,11H,8,10,12H2,1-2H3,(H,21,24)(H,22,23,25). The molecule has 2 N–H and O–H groups in total. The summed E-state index contributed by atoms with van der Waals surface area (Å²) in [6.45, 7) is 3.98. The van der Waals surface area contributed by atoms with Crippen LogP contribution in [0.3, 0.4) is 0 Å². The SMILES string of the molecule is Cc1ccc(-c2ccc(CCC(=O)NCc3cc(=O)[nH]c(C)n3)o2)cc1. The van der Waals surface area contributed by atoms with Crippen LogP contribution in [0.1, 0.15) is 29.3 Å². The Morgan fingerprint density at radius 1 is 1.15 bits per heavy atom. The number of nitrogens with one attached hydrogen (secondary N) is 2. The van der Waals surface area contributed by atoms with Gasteiger partial charge in [-0.2, -0.15) is 0 Å². The lowest BCUT2D eigenvalue weighted by Crippen LogP contribution is -2.25. The molecule has 3 rings (SSSR count). The van der Waals surface area contributed by atoms with Crippen molar-refractivity contribution in [3.05, 3.63) is 75.7 Å². The molecule has 0 radical (unpaired) electrons. The molecule has 134 valence electrons. The Labute approximate surface area is 151 Å². The van der Waals surface area contributed by atoms with Gasteiger partial charge >= 0.3 is 0 Å². The Kier molecular flexibility index (Phi) is 5.31. The maximum atomic E-state index is 12.0. The average molecular weight is 351 g/mol. The number of nitrogens with zero attached hydrogens (tertiary/aromatic N) is 1. The Balaban J connectivity index is 1.51.